The zero-order valence-electron chi connectivity index (χ0n) is 18.7. The van der Waals surface area contributed by atoms with Crippen molar-refractivity contribution in [3.05, 3.63) is 121 Å². The highest BCUT2D eigenvalue weighted by atomic mass is 16.5. The second kappa shape index (κ2) is 19.6. The van der Waals surface area contributed by atoms with Crippen molar-refractivity contribution in [1.82, 2.24) is 0 Å². The second-order valence-corrected chi connectivity index (χ2v) is 4.93. The minimum absolute atomic E-state index is 0.399. The van der Waals surface area contributed by atoms with E-state index in [1.165, 1.54) is 6.08 Å². The largest absolute Gasteiger partial charge is 0.485 e. The molecule has 0 heterocycles. The molecular weight excluding hydrogens is 358 g/mol. The summed E-state index contributed by atoms with van der Waals surface area (Å²) in [7, 11) is 0. The molecule has 0 radical (unpaired) electrons. The second-order valence-electron chi connectivity index (χ2n) is 4.93. The van der Waals surface area contributed by atoms with Gasteiger partial charge in [-0.05, 0) is 36.8 Å². The molecule has 0 bridgehead atoms. The first-order chi connectivity index (χ1) is 14.2. The van der Waals surface area contributed by atoms with Crippen molar-refractivity contribution in [3.8, 4) is 0 Å². The fraction of sp³-hybridized carbons (Fsp3) is 0.231. The molecule has 29 heavy (non-hydrogen) atoms. The van der Waals surface area contributed by atoms with Gasteiger partial charge in [0.2, 0.25) is 0 Å². The predicted octanol–water partition coefficient (Wildman–Crippen LogP) is 7.34. The number of allylic oxidation sites excluding steroid dienone is 7. The lowest BCUT2D eigenvalue weighted by Crippen LogP contribution is -2.04. The van der Waals surface area contributed by atoms with Gasteiger partial charge in [-0.3, -0.25) is 0 Å². The van der Waals surface area contributed by atoms with Gasteiger partial charge in [-0.2, -0.15) is 0 Å². The summed E-state index contributed by atoms with van der Waals surface area (Å²) < 4.78 is 11.8. The van der Waals surface area contributed by atoms with Crippen LogP contribution < -0.4 is 5.73 Å². The highest BCUT2D eigenvalue weighted by molar-refractivity contribution is 5.32. The Morgan fingerprint density at radius 3 is 2.00 bits per heavy atom. The molecule has 0 saturated heterocycles. The molecule has 1 aromatic carbocycles. The van der Waals surface area contributed by atoms with E-state index in [0.29, 0.717) is 29.6 Å². The molecular formula is C26H37NO2. The van der Waals surface area contributed by atoms with Crippen LogP contribution in [0.5, 0.6) is 0 Å². The van der Waals surface area contributed by atoms with Gasteiger partial charge in [0.25, 0.3) is 0 Å². The van der Waals surface area contributed by atoms with Crippen LogP contribution in [0, 0.1) is 0 Å². The topological polar surface area (TPSA) is 44.5 Å². The third kappa shape index (κ3) is 12.0. The Bertz CT molecular complexity index is 707. The predicted molar refractivity (Wildman–Crippen MR) is 128 cm³/mol. The molecule has 0 aliphatic carbocycles. The summed E-state index contributed by atoms with van der Waals surface area (Å²) in [6, 6.07) is 9.86. The Hall–Kier alpha value is -3.20. The maximum absolute atomic E-state index is 5.94. The average molecular weight is 396 g/mol. The minimum Gasteiger partial charge on any atom is -0.485 e. The summed E-state index contributed by atoms with van der Waals surface area (Å²) in [5, 5.41) is 0. The van der Waals surface area contributed by atoms with Gasteiger partial charge in [0.1, 0.15) is 12.4 Å². The van der Waals surface area contributed by atoms with E-state index < -0.39 is 0 Å². The zero-order chi connectivity index (χ0) is 22.5. The fourth-order valence-corrected chi connectivity index (χ4v) is 1.85. The number of rotatable bonds is 10. The summed E-state index contributed by atoms with van der Waals surface area (Å²) in [6.45, 7) is 21.4. The first kappa shape index (κ1) is 28.0. The van der Waals surface area contributed by atoms with Crippen molar-refractivity contribution in [2.75, 3.05) is 0 Å². The van der Waals surface area contributed by atoms with Crippen molar-refractivity contribution in [2.45, 2.75) is 41.2 Å². The van der Waals surface area contributed by atoms with Crippen LogP contribution in [0.4, 0.5) is 0 Å². The highest BCUT2D eigenvalue weighted by Crippen LogP contribution is 2.19. The molecule has 0 atom stereocenters. The van der Waals surface area contributed by atoms with Gasteiger partial charge in [-0.25, -0.2) is 0 Å². The van der Waals surface area contributed by atoms with Crippen LogP contribution in [0.3, 0.4) is 0 Å². The molecule has 2 N–H and O–H groups in total. The van der Waals surface area contributed by atoms with Gasteiger partial charge in [0.15, 0.2) is 11.5 Å². The van der Waals surface area contributed by atoms with Crippen LogP contribution in [0.25, 0.3) is 0 Å². The maximum Gasteiger partial charge on any atom is 0.169 e. The average Bonchev–Trinajstić information content (AvgIpc) is 2.79. The minimum atomic E-state index is 0.399. The van der Waals surface area contributed by atoms with Gasteiger partial charge in [-0.15, -0.1) is 0 Å². The molecule has 0 saturated carbocycles. The van der Waals surface area contributed by atoms with Crippen LogP contribution >= 0.6 is 0 Å². The Morgan fingerprint density at radius 2 is 1.52 bits per heavy atom. The van der Waals surface area contributed by atoms with Gasteiger partial charge >= 0.3 is 0 Å². The number of nitrogens with two attached hydrogens (primary N) is 1. The summed E-state index contributed by atoms with van der Waals surface area (Å²) >= 11 is 0. The van der Waals surface area contributed by atoms with Crippen LogP contribution in [0.15, 0.2) is 116 Å². The number of hydrogen-bond acceptors (Lipinski definition) is 3. The van der Waals surface area contributed by atoms with E-state index in [1.54, 1.807) is 30.4 Å². The molecule has 3 nitrogen and oxygen atoms in total. The van der Waals surface area contributed by atoms with Crippen molar-refractivity contribution >= 4 is 0 Å². The molecule has 0 amide bonds. The number of ether oxygens (including phenoxy) is 2. The van der Waals surface area contributed by atoms with E-state index in [1.807, 2.05) is 71.0 Å². The zero-order valence-corrected chi connectivity index (χ0v) is 18.7. The molecule has 0 aliphatic heterocycles. The lowest BCUT2D eigenvalue weighted by atomic mass is 10.2. The molecule has 3 heteroatoms. The third-order valence-corrected chi connectivity index (χ3v) is 3.09. The molecule has 0 fully saturated rings. The highest BCUT2D eigenvalue weighted by Gasteiger charge is 2.09. The molecule has 0 unspecified atom stereocenters. The molecule has 1 rings (SSSR count). The Kier molecular flexibility index (Phi) is 18.9. The fourth-order valence-electron chi connectivity index (χ4n) is 1.85. The monoisotopic (exact) mass is 395 g/mol. The molecule has 1 aromatic rings. The first-order valence-corrected chi connectivity index (χ1v) is 9.91. The van der Waals surface area contributed by atoms with Gasteiger partial charge in [0.05, 0.1) is 5.70 Å². The van der Waals surface area contributed by atoms with Crippen molar-refractivity contribution in [3.63, 3.8) is 0 Å². The lowest BCUT2D eigenvalue weighted by molar-refractivity contribution is 0.187. The Labute approximate surface area is 177 Å². The quantitative estimate of drug-likeness (QED) is 0.333. The summed E-state index contributed by atoms with van der Waals surface area (Å²) in [5.74, 6) is 1.45. The van der Waals surface area contributed by atoms with Crippen molar-refractivity contribution < 1.29 is 9.47 Å². The van der Waals surface area contributed by atoms with Gasteiger partial charge in [-0.1, -0.05) is 96.0 Å². The van der Waals surface area contributed by atoms with Crippen molar-refractivity contribution in [2.24, 2.45) is 5.73 Å². The van der Waals surface area contributed by atoms with Crippen LogP contribution in [-0.4, -0.2) is 0 Å². The summed E-state index contributed by atoms with van der Waals surface area (Å²) in [4.78, 5) is 0. The van der Waals surface area contributed by atoms with E-state index in [2.05, 4.69) is 19.7 Å². The van der Waals surface area contributed by atoms with E-state index in [-0.39, 0.29) is 0 Å². The lowest BCUT2D eigenvalue weighted by Gasteiger charge is -2.14. The summed E-state index contributed by atoms with van der Waals surface area (Å²) in [6.07, 6.45) is 11.9. The Morgan fingerprint density at radius 1 is 0.897 bits per heavy atom. The van der Waals surface area contributed by atoms with E-state index >= 15 is 0 Å². The smallest absolute Gasteiger partial charge is 0.169 e. The van der Waals surface area contributed by atoms with E-state index in [0.717, 1.165) is 5.56 Å². The summed E-state index contributed by atoms with van der Waals surface area (Å²) in [5.41, 5.74) is 7.41. The molecule has 0 spiro atoms. The van der Waals surface area contributed by atoms with Crippen molar-refractivity contribution in [1.29, 1.82) is 0 Å². The Balaban J connectivity index is 0. The van der Waals surface area contributed by atoms with E-state index in [4.69, 9.17) is 15.2 Å². The molecule has 0 aromatic heterocycles. The molecule has 158 valence electrons. The molecule has 0 aliphatic rings. The number of benzene rings is 1. The van der Waals surface area contributed by atoms with Gasteiger partial charge in [0, 0.05) is 0 Å². The van der Waals surface area contributed by atoms with E-state index in [9.17, 15) is 0 Å². The van der Waals surface area contributed by atoms with Crippen LogP contribution in [0.2, 0.25) is 0 Å². The first-order valence-electron chi connectivity index (χ1n) is 9.91. The third-order valence-electron chi connectivity index (χ3n) is 3.09. The van der Waals surface area contributed by atoms with Crippen LogP contribution in [-0.2, 0) is 16.1 Å². The van der Waals surface area contributed by atoms with Crippen LogP contribution in [0.1, 0.15) is 40.2 Å². The normalized spacial score (nSPS) is 11.8. The standard InChI is InChI=1S/C22H25NO2.2C2H6/c1-5-9-16-22(25-21(13-6-2)19(23)7-3)20(8-4)24-17-18-14-11-10-12-15-18;2*1-2/h5-16H,1,3-4,17,23H2,2H3;2*1-2H3/b13-6-,16-9-,21-19-,22-20-;;. The maximum atomic E-state index is 5.94. The SMILES string of the molecule is C=C/C=C\C(OC(/C=C\C)=C(\N)C=C)=C(/C=C)OCc1ccccc1.CC.CC. The van der Waals surface area contributed by atoms with Gasteiger partial charge < -0.3 is 15.2 Å². The number of hydrogen-bond donors (Lipinski definition) is 1.